The van der Waals surface area contributed by atoms with E-state index in [4.69, 9.17) is 9.47 Å². The highest BCUT2D eigenvalue weighted by Crippen LogP contribution is 2.29. The minimum absolute atomic E-state index is 0.135. The molecule has 0 spiro atoms. The number of esters is 1. The van der Waals surface area contributed by atoms with Crippen molar-refractivity contribution >= 4 is 34.0 Å². The number of nitrogens with one attached hydrogen (secondary N) is 1. The second-order valence-corrected chi connectivity index (χ2v) is 9.66. The van der Waals surface area contributed by atoms with E-state index in [1.54, 1.807) is 20.1 Å². The number of hydrogen-bond donors (Lipinski definition) is 1. The molecule has 2 rings (SSSR count). The van der Waals surface area contributed by atoms with E-state index in [9.17, 15) is 14.4 Å². The van der Waals surface area contributed by atoms with Crippen LogP contribution in [-0.4, -0.2) is 42.6 Å². The monoisotopic (exact) mass is 448 g/mol. The summed E-state index contributed by atoms with van der Waals surface area (Å²) < 4.78 is 12.5. The molecule has 0 aromatic carbocycles. The molecule has 0 atom stereocenters. The average molecular weight is 449 g/mol. The standard InChI is InChI=1S/C23H32N2O5S/c1-14-11-19(24-22(28)23(4,5)6)31-20(14)21(27)30-13-18(26)17-12-15(2)25(16(17)3)9-8-10-29-7/h11-12H,8-10,13H2,1-7H3,(H,24,28). The summed E-state index contributed by atoms with van der Waals surface area (Å²) in [7, 11) is 1.66. The molecule has 1 N–H and O–H groups in total. The first-order valence-corrected chi connectivity index (χ1v) is 11.0. The van der Waals surface area contributed by atoms with Crippen LogP contribution in [0.15, 0.2) is 12.1 Å². The van der Waals surface area contributed by atoms with Crippen LogP contribution < -0.4 is 5.32 Å². The molecule has 0 unspecified atom stereocenters. The van der Waals surface area contributed by atoms with E-state index in [2.05, 4.69) is 9.88 Å². The Bertz CT molecular complexity index is 966. The summed E-state index contributed by atoms with van der Waals surface area (Å²) in [6, 6.07) is 3.56. The number of thiophene rings is 1. The molecule has 0 fully saturated rings. The quantitative estimate of drug-likeness (QED) is 0.346. The van der Waals surface area contributed by atoms with Crippen LogP contribution in [0, 0.1) is 26.2 Å². The molecule has 0 saturated heterocycles. The summed E-state index contributed by atoms with van der Waals surface area (Å²) in [6.07, 6.45) is 0.848. The van der Waals surface area contributed by atoms with Crippen LogP contribution in [-0.2, 0) is 20.8 Å². The first-order chi connectivity index (χ1) is 14.5. The van der Waals surface area contributed by atoms with Crippen molar-refractivity contribution in [1.29, 1.82) is 0 Å². The van der Waals surface area contributed by atoms with Crippen molar-refractivity contribution in [2.24, 2.45) is 5.41 Å². The Kier molecular flexibility index (Phi) is 8.20. The average Bonchev–Trinajstić information content (AvgIpc) is 3.19. The molecule has 0 aliphatic rings. The van der Waals surface area contributed by atoms with Crippen molar-refractivity contribution in [3.63, 3.8) is 0 Å². The molecule has 7 nitrogen and oxygen atoms in total. The van der Waals surface area contributed by atoms with Crippen LogP contribution in [0.5, 0.6) is 0 Å². The Balaban J connectivity index is 2.02. The lowest BCUT2D eigenvalue weighted by Crippen LogP contribution is -2.27. The number of carbonyl (C=O) groups is 3. The van der Waals surface area contributed by atoms with Gasteiger partial charge in [-0.3, -0.25) is 9.59 Å². The molecular formula is C23H32N2O5S. The summed E-state index contributed by atoms with van der Waals surface area (Å²) >= 11 is 1.15. The minimum Gasteiger partial charge on any atom is -0.453 e. The Labute approximate surface area is 187 Å². The van der Waals surface area contributed by atoms with Gasteiger partial charge in [0.2, 0.25) is 11.7 Å². The van der Waals surface area contributed by atoms with Crippen LogP contribution >= 0.6 is 11.3 Å². The number of amides is 1. The van der Waals surface area contributed by atoms with Crippen LogP contribution in [0.4, 0.5) is 5.00 Å². The van der Waals surface area contributed by atoms with Crippen molar-refractivity contribution in [2.75, 3.05) is 25.6 Å². The molecule has 2 heterocycles. The van der Waals surface area contributed by atoms with E-state index in [-0.39, 0.29) is 18.3 Å². The van der Waals surface area contributed by atoms with Crippen molar-refractivity contribution in [3.8, 4) is 0 Å². The van der Waals surface area contributed by atoms with Crippen molar-refractivity contribution < 1.29 is 23.9 Å². The van der Waals surface area contributed by atoms with Crippen molar-refractivity contribution in [1.82, 2.24) is 4.57 Å². The van der Waals surface area contributed by atoms with Gasteiger partial charge in [-0.05, 0) is 44.9 Å². The van der Waals surface area contributed by atoms with Gasteiger partial charge in [-0.15, -0.1) is 11.3 Å². The first-order valence-electron chi connectivity index (χ1n) is 10.2. The second kappa shape index (κ2) is 10.2. The van der Waals surface area contributed by atoms with Gasteiger partial charge in [0.25, 0.3) is 0 Å². The summed E-state index contributed by atoms with van der Waals surface area (Å²) in [5.41, 5.74) is 2.55. The normalized spacial score (nSPS) is 11.5. The van der Waals surface area contributed by atoms with Gasteiger partial charge in [-0.1, -0.05) is 20.8 Å². The molecule has 2 aromatic rings. The molecular weight excluding hydrogens is 416 g/mol. The van der Waals surface area contributed by atoms with E-state index < -0.39 is 11.4 Å². The van der Waals surface area contributed by atoms with Gasteiger partial charge in [0.05, 0.1) is 5.00 Å². The molecule has 0 aliphatic heterocycles. The molecule has 1 amide bonds. The Hall–Kier alpha value is -2.45. The maximum atomic E-state index is 12.7. The smallest absolute Gasteiger partial charge is 0.349 e. The number of carbonyl (C=O) groups excluding carboxylic acids is 3. The molecule has 170 valence electrons. The lowest BCUT2D eigenvalue weighted by Gasteiger charge is -2.16. The molecule has 8 heteroatoms. The molecule has 0 aliphatic carbocycles. The number of methoxy groups -OCH3 is 1. The topological polar surface area (TPSA) is 86.6 Å². The van der Waals surface area contributed by atoms with Crippen molar-refractivity contribution in [3.05, 3.63) is 39.5 Å². The van der Waals surface area contributed by atoms with Crippen LogP contribution in [0.1, 0.15) is 64.2 Å². The number of ether oxygens (including phenoxy) is 2. The predicted octanol–water partition coefficient (Wildman–Crippen LogP) is 4.54. The number of aryl methyl sites for hydroxylation is 2. The SMILES string of the molecule is COCCCn1c(C)cc(C(=O)COC(=O)c2sc(NC(=O)C(C)(C)C)cc2C)c1C. The Morgan fingerprint density at radius 3 is 2.42 bits per heavy atom. The highest BCUT2D eigenvalue weighted by atomic mass is 32.1. The third kappa shape index (κ3) is 6.27. The van der Waals surface area contributed by atoms with Gasteiger partial charge in [-0.25, -0.2) is 4.79 Å². The highest BCUT2D eigenvalue weighted by molar-refractivity contribution is 7.18. The molecule has 0 saturated carbocycles. The summed E-state index contributed by atoms with van der Waals surface area (Å²) in [5.74, 6) is -0.944. The number of Topliss-reactive ketones (excluding diaryl/α,β-unsaturated/α-hetero) is 1. The van der Waals surface area contributed by atoms with Gasteiger partial charge in [0.15, 0.2) is 6.61 Å². The number of hydrogen-bond acceptors (Lipinski definition) is 6. The van der Waals surface area contributed by atoms with Gasteiger partial charge >= 0.3 is 5.97 Å². The fraction of sp³-hybridized carbons (Fsp3) is 0.522. The van der Waals surface area contributed by atoms with E-state index in [0.29, 0.717) is 27.6 Å². The third-order valence-corrected chi connectivity index (χ3v) is 6.09. The fourth-order valence-electron chi connectivity index (χ4n) is 3.11. The number of ketones is 1. The molecule has 2 aromatic heterocycles. The third-order valence-electron chi connectivity index (χ3n) is 4.96. The highest BCUT2D eigenvalue weighted by Gasteiger charge is 2.24. The first kappa shape index (κ1) is 24.8. The van der Waals surface area contributed by atoms with E-state index in [0.717, 1.165) is 35.7 Å². The summed E-state index contributed by atoms with van der Waals surface area (Å²) in [5, 5.41) is 3.40. The maximum absolute atomic E-state index is 12.7. The zero-order valence-electron chi connectivity index (χ0n) is 19.4. The fourth-order valence-corrected chi connectivity index (χ4v) is 4.08. The lowest BCUT2D eigenvalue weighted by atomic mass is 9.96. The second-order valence-electron chi connectivity index (χ2n) is 8.61. The molecule has 0 bridgehead atoms. The van der Waals surface area contributed by atoms with Crippen molar-refractivity contribution in [2.45, 2.75) is 54.5 Å². The Morgan fingerprint density at radius 1 is 1.13 bits per heavy atom. The summed E-state index contributed by atoms with van der Waals surface area (Å²) in [4.78, 5) is 37.8. The van der Waals surface area contributed by atoms with E-state index >= 15 is 0 Å². The van der Waals surface area contributed by atoms with Gasteiger partial charge in [-0.2, -0.15) is 0 Å². The lowest BCUT2D eigenvalue weighted by molar-refractivity contribution is -0.123. The van der Waals surface area contributed by atoms with E-state index in [1.165, 1.54) is 0 Å². The maximum Gasteiger partial charge on any atom is 0.349 e. The number of nitrogens with zero attached hydrogens (tertiary/aromatic N) is 1. The van der Waals surface area contributed by atoms with Crippen LogP contribution in [0.3, 0.4) is 0 Å². The van der Waals surface area contributed by atoms with Gasteiger partial charge in [0.1, 0.15) is 4.88 Å². The van der Waals surface area contributed by atoms with E-state index in [1.807, 2.05) is 40.7 Å². The van der Waals surface area contributed by atoms with Crippen LogP contribution in [0.25, 0.3) is 0 Å². The largest absolute Gasteiger partial charge is 0.453 e. The van der Waals surface area contributed by atoms with Crippen LogP contribution in [0.2, 0.25) is 0 Å². The van der Waals surface area contributed by atoms with Gasteiger partial charge < -0.3 is 19.4 Å². The summed E-state index contributed by atoms with van der Waals surface area (Å²) in [6.45, 7) is 12.1. The zero-order chi connectivity index (χ0) is 23.3. The number of anilines is 1. The van der Waals surface area contributed by atoms with Gasteiger partial charge in [0, 0.05) is 42.6 Å². The predicted molar refractivity (Wildman–Crippen MR) is 122 cm³/mol. The minimum atomic E-state index is -0.569. The Morgan fingerprint density at radius 2 is 1.81 bits per heavy atom. The number of rotatable bonds is 9. The molecule has 0 radical (unpaired) electrons. The zero-order valence-corrected chi connectivity index (χ0v) is 20.2. The molecule has 31 heavy (non-hydrogen) atoms. The number of aromatic nitrogens is 1.